The number of aliphatic hydroxyl groups excluding tert-OH is 1. The van der Waals surface area contributed by atoms with E-state index in [1.54, 1.807) is 23.5 Å². The predicted octanol–water partition coefficient (Wildman–Crippen LogP) is 3.14. The second-order valence-electron chi connectivity index (χ2n) is 4.72. The Morgan fingerprint density at radius 3 is 2.89 bits per heavy atom. The molecule has 1 aromatic carbocycles. The van der Waals surface area contributed by atoms with Crippen molar-refractivity contribution in [3.63, 3.8) is 0 Å². The molecule has 0 fully saturated rings. The number of rotatable bonds is 6. The number of halogens is 1. The second-order valence-corrected chi connectivity index (χ2v) is 5.50. The molecule has 2 aromatic rings. The third-order valence-electron chi connectivity index (χ3n) is 3.02. The van der Waals surface area contributed by atoms with Crippen molar-refractivity contribution < 1.29 is 9.50 Å². The average molecular weight is 279 g/mol. The van der Waals surface area contributed by atoms with Gasteiger partial charge in [0.1, 0.15) is 5.82 Å². The number of hydrogen-bond donors (Lipinski definition) is 2. The van der Waals surface area contributed by atoms with Crippen LogP contribution in [0.4, 0.5) is 4.39 Å². The van der Waals surface area contributed by atoms with Crippen LogP contribution in [0.3, 0.4) is 0 Å². The van der Waals surface area contributed by atoms with E-state index in [2.05, 4.69) is 5.32 Å². The minimum Gasteiger partial charge on any atom is -0.387 e. The molecule has 0 spiro atoms. The van der Waals surface area contributed by atoms with E-state index in [0.717, 1.165) is 17.5 Å². The topological polar surface area (TPSA) is 32.3 Å². The Labute approximate surface area is 116 Å². The Morgan fingerprint density at radius 1 is 1.37 bits per heavy atom. The summed E-state index contributed by atoms with van der Waals surface area (Å²) in [5.41, 5.74) is 1.90. The Balaban J connectivity index is 1.80. The monoisotopic (exact) mass is 279 g/mol. The fraction of sp³-hybridized carbons (Fsp3) is 0.333. The van der Waals surface area contributed by atoms with Crippen LogP contribution in [0.15, 0.2) is 41.1 Å². The summed E-state index contributed by atoms with van der Waals surface area (Å²) in [6.07, 6.45) is 0.259. The normalized spacial score (nSPS) is 14.3. The van der Waals surface area contributed by atoms with Crippen molar-refractivity contribution >= 4 is 11.3 Å². The van der Waals surface area contributed by atoms with E-state index >= 15 is 0 Å². The highest BCUT2D eigenvalue weighted by Gasteiger charge is 2.10. The highest BCUT2D eigenvalue weighted by atomic mass is 32.1. The van der Waals surface area contributed by atoms with Gasteiger partial charge in [-0.3, -0.25) is 0 Å². The van der Waals surface area contributed by atoms with Gasteiger partial charge in [-0.05, 0) is 53.4 Å². The first kappa shape index (κ1) is 14.2. The molecule has 1 heterocycles. The van der Waals surface area contributed by atoms with E-state index in [1.807, 2.05) is 29.8 Å². The summed E-state index contributed by atoms with van der Waals surface area (Å²) >= 11 is 1.58. The number of benzene rings is 1. The fourth-order valence-electron chi connectivity index (χ4n) is 1.98. The van der Waals surface area contributed by atoms with Gasteiger partial charge in [-0.2, -0.15) is 11.3 Å². The first-order valence-electron chi connectivity index (χ1n) is 6.33. The second kappa shape index (κ2) is 6.80. The summed E-state index contributed by atoms with van der Waals surface area (Å²) in [4.78, 5) is 0. The van der Waals surface area contributed by atoms with Crippen LogP contribution in [0.5, 0.6) is 0 Å². The van der Waals surface area contributed by atoms with Crippen LogP contribution in [0.25, 0.3) is 0 Å². The quantitative estimate of drug-likeness (QED) is 0.851. The van der Waals surface area contributed by atoms with Gasteiger partial charge in [0.05, 0.1) is 6.10 Å². The standard InChI is InChI=1S/C15H18FNOS/c1-11(7-12-3-2-4-14(16)8-12)17-9-15(18)13-5-6-19-10-13/h2-6,8,10-11,15,17-18H,7,9H2,1H3. The maximum Gasteiger partial charge on any atom is 0.123 e. The Kier molecular flexibility index (Phi) is 5.07. The lowest BCUT2D eigenvalue weighted by Gasteiger charge is -2.16. The van der Waals surface area contributed by atoms with E-state index in [4.69, 9.17) is 0 Å². The van der Waals surface area contributed by atoms with Crippen molar-refractivity contribution in [1.82, 2.24) is 5.32 Å². The first-order valence-corrected chi connectivity index (χ1v) is 7.27. The molecule has 2 unspecified atom stereocenters. The highest BCUT2D eigenvalue weighted by molar-refractivity contribution is 7.07. The molecule has 0 aliphatic heterocycles. The van der Waals surface area contributed by atoms with Crippen molar-refractivity contribution in [2.24, 2.45) is 0 Å². The maximum atomic E-state index is 13.1. The molecule has 0 bridgehead atoms. The molecule has 2 rings (SSSR count). The van der Waals surface area contributed by atoms with Gasteiger partial charge >= 0.3 is 0 Å². The number of nitrogens with one attached hydrogen (secondary N) is 1. The highest BCUT2D eigenvalue weighted by Crippen LogP contribution is 2.15. The SMILES string of the molecule is CC(Cc1cccc(F)c1)NCC(O)c1ccsc1. The molecule has 2 nitrogen and oxygen atoms in total. The minimum absolute atomic E-state index is 0.190. The van der Waals surface area contributed by atoms with E-state index in [1.165, 1.54) is 6.07 Å². The molecule has 0 radical (unpaired) electrons. The molecule has 0 aliphatic carbocycles. The van der Waals surface area contributed by atoms with Crippen molar-refractivity contribution in [3.05, 3.63) is 58.0 Å². The Morgan fingerprint density at radius 2 is 2.21 bits per heavy atom. The third kappa shape index (κ3) is 4.42. The minimum atomic E-state index is -0.485. The zero-order valence-corrected chi connectivity index (χ0v) is 11.7. The third-order valence-corrected chi connectivity index (χ3v) is 3.72. The molecule has 0 saturated heterocycles. The lowest BCUT2D eigenvalue weighted by molar-refractivity contribution is 0.171. The lowest BCUT2D eigenvalue weighted by Crippen LogP contribution is -2.31. The molecular formula is C15H18FNOS. The van der Waals surface area contributed by atoms with Crippen molar-refractivity contribution in [2.45, 2.75) is 25.5 Å². The Hall–Kier alpha value is -1.23. The summed E-state index contributed by atoms with van der Waals surface area (Å²) < 4.78 is 13.1. The van der Waals surface area contributed by atoms with Crippen LogP contribution < -0.4 is 5.32 Å². The number of hydrogen-bond acceptors (Lipinski definition) is 3. The van der Waals surface area contributed by atoms with Gasteiger partial charge in [-0.25, -0.2) is 4.39 Å². The summed E-state index contributed by atoms with van der Waals surface area (Å²) in [5.74, 6) is -0.206. The zero-order valence-electron chi connectivity index (χ0n) is 10.8. The van der Waals surface area contributed by atoms with E-state index < -0.39 is 6.10 Å². The van der Waals surface area contributed by atoms with Gasteiger partial charge in [0, 0.05) is 12.6 Å². The van der Waals surface area contributed by atoms with Gasteiger partial charge in [0.25, 0.3) is 0 Å². The lowest BCUT2D eigenvalue weighted by atomic mass is 10.1. The van der Waals surface area contributed by atoms with Crippen LogP contribution in [-0.4, -0.2) is 17.7 Å². The summed E-state index contributed by atoms with van der Waals surface area (Å²) in [5, 5.41) is 17.1. The molecule has 0 saturated carbocycles. The van der Waals surface area contributed by atoms with E-state index in [0.29, 0.717) is 6.54 Å². The largest absolute Gasteiger partial charge is 0.387 e. The smallest absolute Gasteiger partial charge is 0.123 e. The predicted molar refractivity (Wildman–Crippen MR) is 76.8 cm³/mol. The van der Waals surface area contributed by atoms with Gasteiger partial charge in [-0.15, -0.1) is 0 Å². The molecule has 4 heteroatoms. The zero-order chi connectivity index (χ0) is 13.7. The van der Waals surface area contributed by atoms with Gasteiger partial charge in [0.2, 0.25) is 0 Å². The molecule has 2 atom stereocenters. The fourth-order valence-corrected chi connectivity index (χ4v) is 2.69. The van der Waals surface area contributed by atoms with E-state index in [-0.39, 0.29) is 11.9 Å². The van der Waals surface area contributed by atoms with Gasteiger partial charge in [0.15, 0.2) is 0 Å². The molecule has 19 heavy (non-hydrogen) atoms. The van der Waals surface area contributed by atoms with Crippen LogP contribution >= 0.6 is 11.3 Å². The van der Waals surface area contributed by atoms with Crippen molar-refractivity contribution in [3.8, 4) is 0 Å². The summed E-state index contributed by atoms with van der Waals surface area (Å²) in [7, 11) is 0. The molecule has 0 amide bonds. The summed E-state index contributed by atoms with van der Waals surface area (Å²) in [6, 6.07) is 8.74. The van der Waals surface area contributed by atoms with E-state index in [9.17, 15) is 9.50 Å². The molecule has 1 aromatic heterocycles. The summed E-state index contributed by atoms with van der Waals surface area (Å²) in [6.45, 7) is 2.54. The van der Waals surface area contributed by atoms with Crippen molar-refractivity contribution in [1.29, 1.82) is 0 Å². The molecule has 0 aliphatic rings. The Bertz CT molecular complexity index is 501. The molecule has 2 N–H and O–H groups in total. The van der Waals surface area contributed by atoms with Crippen LogP contribution in [-0.2, 0) is 6.42 Å². The van der Waals surface area contributed by atoms with Gasteiger partial charge in [-0.1, -0.05) is 12.1 Å². The van der Waals surface area contributed by atoms with Crippen LogP contribution in [0, 0.1) is 5.82 Å². The molecular weight excluding hydrogens is 261 g/mol. The average Bonchev–Trinajstić information content (AvgIpc) is 2.90. The maximum absolute atomic E-state index is 13.1. The molecule has 102 valence electrons. The number of aliphatic hydroxyl groups is 1. The van der Waals surface area contributed by atoms with Crippen LogP contribution in [0.1, 0.15) is 24.2 Å². The van der Waals surface area contributed by atoms with Crippen LogP contribution in [0.2, 0.25) is 0 Å². The first-order chi connectivity index (χ1) is 9.15. The van der Waals surface area contributed by atoms with Gasteiger partial charge < -0.3 is 10.4 Å². The van der Waals surface area contributed by atoms with Crippen molar-refractivity contribution in [2.75, 3.05) is 6.54 Å². The number of thiophene rings is 1.